The first-order valence-corrected chi connectivity index (χ1v) is 8.42. The fraction of sp³-hybridized carbons (Fsp3) is 0.250. The molecule has 0 unspecified atom stereocenters. The Morgan fingerprint density at radius 2 is 1.96 bits per heavy atom. The minimum absolute atomic E-state index is 0.00394. The molecule has 1 amide bonds. The second-order valence-electron chi connectivity index (χ2n) is 6.11. The number of carbonyl (C=O) groups excluding carboxylic acids is 1. The molecule has 7 nitrogen and oxygen atoms in total. The third-order valence-corrected chi connectivity index (χ3v) is 4.30. The third kappa shape index (κ3) is 4.07. The first kappa shape index (κ1) is 18.4. The SMILES string of the molecule is Cc1cc(C(=O)O)ccc1-c1ccc(/C=C(/C#N)C(=O)N2CCOCC2)o1. The molecule has 1 aromatic heterocycles. The van der Waals surface area contributed by atoms with Gasteiger partial charge < -0.3 is 19.2 Å². The Kier molecular flexibility index (Phi) is 5.38. The minimum Gasteiger partial charge on any atom is -0.478 e. The number of nitriles is 1. The maximum absolute atomic E-state index is 12.4. The van der Waals surface area contributed by atoms with Crippen LogP contribution in [0.4, 0.5) is 0 Å². The van der Waals surface area contributed by atoms with Crippen LogP contribution in [-0.4, -0.2) is 48.2 Å². The number of carboxylic acid groups (broad SMARTS) is 1. The summed E-state index contributed by atoms with van der Waals surface area (Å²) in [5.74, 6) is -0.426. The maximum Gasteiger partial charge on any atom is 0.335 e. The Morgan fingerprint density at radius 1 is 1.22 bits per heavy atom. The second-order valence-corrected chi connectivity index (χ2v) is 6.11. The van der Waals surface area contributed by atoms with Crippen LogP contribution in [0.1, 0.15) is 21.7 Å². The van der Waals surface area contributed by atoms with Gasteiger partial charge in [-0.15, -0.1) is 0 Å². The second kappa shape index (κ2) is 7.89. The van der Waals surface area contributed by atoms with Gasteiger partial charge in [0.25, 0.3) is 5.91 Å². The normalized spacial score (nSPS) is 14.7. The molecule has 0 spiro atoms. The fourth-order valence-corrected chi connectivity index (χ4v) is 2.87. The molecule has 3 rings (SSSR count). The topological polar surface area (TPSA) is 104 Å². The van der Waals surface area contributed by atoms with Gasteiger partial charge in [-0.25, -0.2) is 4.79 Å². The molecule has 27 heavy (non-hydrogen) atoms. The molecule has 7 heteroatoms. The first-order chi connectivity index (χ1) is 13.0. The van der Waals surface area contributed by atoms with Gasteiger partial charge in [-0.1, -0.05) is 6.07 Å². The quantitative estimate of drug-likeness (QED) is 0.659. The van der Waals surface area contributed by atoms with Crippen LogP contribution in [0, 0.1) is 18.3 Å². The van der Waals surface area contributed by atoms with E-state index in [2.05, 4.69) is 0 Å². The number of aromatic carboxylic acids is 1. The van der Waals surface area contributed by atoms with Crippen molar-refractivity contribution >= 4 is 18.0 Å². The summed E-state index contributed by atoms with van der Waals surface area (Å²) in [6, 6.07) is 10.1. The van der Waals surface area contributed by atoms with Gasteiger partial charge in [0.1, 0.15) is 23.2 Å². The zero-order chi connectivity index (χ0) is 19.4. The summed E-state index contributed by atoms with van der Waals surface area (Å²) in [7, 11) is 0. The number of benzene rings is 1. The van der Waals surface area contributed by atoms with E-state index in [1.807, 2.05) is 6.07 Å². The Hall–Kier alpha value is -3.37. The number of hydrogen-bond donors (Lipinski definition) is 1. The first-order valence-electron chi connectivity index (χ1n) is 8.42. The highest BCUT2D eigenvalue weighted by molar-refractivity contribution is 6.01. The van der Waals surface area contributed by atoms with Crippen LogP contribution < -0.4 is 0 Å². The van der Waals surface area contributed by atoms with Gasteiger partial charge in [-0.05, 0) is 36.8 Å². The number of furan rings is 1. The van der Waals surface area contributed by atoms with Crippen molar-refractivity contribution in [1.82, 2.24) is 4.90 Å². The average molecular weight is 366 g/mol. The van der Waals surface area contributed by atoms with E-state index in [-0.39, 0.29) is 17.0 Å². The molecule has 0 bridgehead atoms. The van der Waals surface area contributed by atoms with E-state index in [1.165, 1.54) is 12.1 Å². The zero-order valence-corrected chi connectivity index (χ0v) is 14.8. The minimum atomic E-state index is -0.993. The molecule has 1 aromatic carbocycles. The molecular formula is C20H18N2O5. The van der Waals surface area contributed by atoms with Crippen molar-refractivity contribution in [2.24, 2.45) is 0 Å². The zero-order valence-electron chi connectivity index (χ0n) is 14.8. The highest BCUT2D eigenvalue weighted by atomic mass is 16.5. The van der Waals surface area contributed by atoms with Crippen LogP contribution in [0.25, 0.3) is 17.4 Å². The lowest BCUT2D eigenvalue weighted by molar-refractivity contribution is -0.130. The summed E-state index contributed by atoms with van der Waals surface area (Å²) in [5, 5.41) is 18.4. The summed E-state index contributed by atoms with van der Waals surface area (Å²) in [6.45, 7) is 3.62. The van der Waals surface area contributed by atoms with Gasteiger partial charge in [0.05, 0.1) is 18.8 Å². The van der Waals surface area contributed by atoms with Crippen molar-refractivity contribution in [3.8, 4) is 17.4 Å². The molecule has 0 aliphatic carbocycles. The van der Waals surface area contributed by atoms with Crippen LogP contribution in [0.2, 0.25) is 0 Å². The number of morpholine rings is 1. The number of amides is 1. The Labute approximate surface area is 156 Å². The molecular weight excluding hydrogens is 348 g/mol. The molecule has 0 atom stereocenters. The number of aryl methyl sites for hydroxylation is 1. The van der Waals surface area contributed by atoms with E-state index in [9.17, 15) is 14.9 Å². The molecule has 0 saturated carbocycles. The molecule has 1 aliphatic heterocycles. The summed E-state index contributed by atoms with van der Waals surface area (Å²) < 4.78 is 11.0. The Morgan fingerprint density at radius 3 is 2.59 bits per heavy atom. The van der Waals surface area contributed by atoms with Gasteiger partial charge in [-0.3, -0.25) is 4.79 Å². The highest BCUT2D eigenvalue weighted by Gasteiger charge is 2.21. The summed E-state index contributed by atoms with van der Waals surface area (Å²) >= 11 is 0. The highest BCUT2D eigenvalue weighted by Crippen LogP contribution is 2.27. The van der Waals surface area contributed by atoms with E-state index < -0.39 is 5.97 Å². The van der Waals surface area contributed by atoms with Crippen molar-refractivity contribution in [3.63, 3.8) is 0 Å². The number of rotatable bonds is 4. The van der Waals surface area contributed by atoms with E-state index in [0.717, 1.165) is 11.1 Å². The summed E-state index contributed by atoms with van der Waals surface area (Å²) in [5.41, 5.74) is 1.70. The maximum atomic E-state index is 12.4. The van der Waals surface area contributed by atoms with E-state index >= 15 is 0 Å². The smallest absolute Gasteiger partial charge is 0.335 e. The number of carboxylic acids is 1. The third-order valence-electron chi connectivity index (χ3n) is 4.30. The largest absolute Gasteiger partial charge is 0.478 e. The standard InChI is InChI=1S/C20H18N2O5/c1-13-10-14(20(24)25)2-4-17(13)18-5-3-16(27-18)11-15(12-21)19(23)22-6-8-26-9-7-22/h2-5,10-11H,6-9H2,1H3,(H,24,25)/b15-11-. The summed E-state index contributed by atoms with van der Waals surface area (Å²) in [4.78, 5) is 25.1. The Balaban J connectivity index is 1.84. The lowest BCUT2D eigenvalue weighted by atomic mass is 10.0. The number of hydrogen-bond acceptors (Lipinski definition) is 5. The Bertz CT molecular complexity index is 946. The molecule has 0 radical (unpaired) electrons. The van der Waals surface area contributed by atoms with E-state index in [0.29, 0.717) is 37.8 Å². The van der Waals surface area contributed by atoms with Crippen LogP contribution in [0.3, 0.4) is 0 Å². The van der Waals surface area contributed by atoms with Gasteiger partial charge in [0.15, 0.2) is 0 Å². The molecule has 1 saturated heterocycles. The van der Waals surface area contributed by atoms with Gasteiger partial charge in [0.2, 0.25) is 0 Å². The molecule has 2 heterocycles. The van der Waals surface area contributed by atoms with Crippen molar-refractivity contribution in [3.05, 3.63) is 52.8 Å². The van der Waals surface area contributed by atoms with Crippen LogP contribution >= 0.6 is 0 Å². The van der Waals surface area contributed by atoms with Crippen LogP contribution in [0.5, 0.6) is 0 Å². The number of nitrogens with zero attached hydrogens (tertiary/aromatic N) is 2. The van der Waals surface area contributed by atoms with Crippen LogP contribution in [0.15, 0.2) is 40.3 Å². The molecule has 1 aliphatic rings. The monoisotopic (exact) mass is 366 g/mol. The predicted octanol–water partition coefficient (Wildman–Crippen LogP) is 2.72. The van der Waals surface area contributed by atoms with Crippen molar-refractivity contribution in [1.29, 1.82) is 5.26 Å². The van der Waals surface area contributed by atoms with E-state index in [4.69, 9.17) is 14.3 Å². The van der Waals surface area contributed by atoms with Crippen molar-refractivity contribution < 1.29 is 23.8 Å². The number of ether oxygens (including phenoxy) is 1. The lowest BCUT2D eigenvalue weighted by Gasteiger charge is -2.26. The summed E-state index contributed by atoms with van der Waals surface area (Å²) in [6.07, 6.45) is 1.42. The number of carbonyl (C=O) groups is 2. The molecule has 1 fully saturated rings. The van der Waals surface area contributed by atoms with Crippen LogP contribution in [-0.2, 0) is 9.53 Å². The van der Waals surface area contributed by atoms with Gasteiger partial charge in [-0.2, -0.15) is 5.26 Å². The predicted molar refractivity (Wildman–Crippen MR) is 96.8 cm³/mol. The lowest BCUT2D eigenvalue weighted by Crippen LogP contribution is -2.41. The van der Waals surface area contributed by atoms with Gasteiger partial charge in [0, 0.05) is 24.7 Å². The fourth-order valence-electron chi connectivity index (χ4n) is 2.87. The van der Waals surface area contributed by atoms with E-state index in [1.54, 1.807) is 36.1 Å². The van der Waals surface area contributed by atoms with Crippen molar-refractivity contribution in [2.45, 2.75) is 6.92 Å². The molecule has 1 N–H and O–H groups in total. The molecule has 138 valence electrons. The average Bonchev–Trinajstić information content (AvgIpc) is 3.14. The molecule has 2 aromatic rings. The van der Waals surface area contributed by atoms with Gasteiger partial charge >= 0.3 is 5.97 Å². The van der Waals surface area contributed by atoms with Crippen molar-refractivity contribution in [2.75, 3.05) is 26.3 Å².